The van der Waals surface area contributed by atoms with Crippen LogP contribution in [0.5, 0.6) is 0 Å². The van der Waals surface area contributed by atoms with Gasteiger partial charge in [-0.2, -0.15) is 0 Å². The van der Waals surface area contributed by atoms with Crippen LogP contribution in [0.2, 0.25) is 5.02 Å². The van der Waals surface area contributed by atoms with E-state index in [0.717, 1.165) is 12.0 Å². The Kier molecular flexibility index (Phi) is 8.33. The second kappa shape index (κ2) is 11.0. The summed E-state index contributed by atoms with van der Waals surface area (Å²) < 4.78 is 26.9. The van der Waals surface area contributed by atoms with E-state index in [1.807, 2.05) is 19.9 Å². The van der Waals surface area contributed by atoms with Gasteiger partial charge >= 0.3 is 0 Å². The van der Waals surface area contributed by atoms with E-state index < -0.39 is 27.0 Å². The predicted octanol–water partition coefficient (Wildman–Crippen LogP) is 2.65. The van der Waals surface area contributed by atoms with Crippen molar-refractivity contribution in [2.45, 2.75) is 37.0 Å². The Hall–Kier alpha value is -2.91. The molecule has 1 aliphatic heterocycles. The lowest BCUT2D eigenvalue weighted by molar-refractivity contribution is -0.139. The number of nitrogens with zero attached hydrogens (tertiary/aromatic N) is 2. The Morgan fingerprint density at radius 2 is 1.62 bits per heavy atom. The molecule has 0 bridgehead atoms. The minimum absolute atomic E-state index is 0.00712. The molecule has 0 radical (unpaired) electrons. The molecule has 182 valence electrons. The number of nitrogens with one attached hydrogen (secondary N) is 1. The van der Waals surface area contributed by atoms with Crippen LogP contribution in [0.4, 0.5) is 0 Å². The van der Waals surface area contributed by atoms with Crippen LogP contribution in [0.25, 0.3) is 0 Å². The lowest BCUT2D eigenvalue weighted by Gasteiger charge is -2.36. The molecule has 1 atom stereocenters. The number of carbonyl (C=O) groups excluding carboxylic acids is 3. The van der Waals surface area contributed by atoms with E-state index in [-0.39, 0.29) is 29.5 Å². The highest BCUT2D eigenvalue weighted by Gasteiger charge is 2.39. The van der Waals surface area contributed by atoms with Crippen LogP contribution in [-0.4, -0.2) is 67.5 Å². The van der Waals surface area contributed by atoms with Gasteiger partial charge in [-0.05, 0) is 49.7 Å². The fourth-order valence-corrected chi connectivity index (χ4v) is 5.33. The molecule has 0 spiro atoms. The number of carbonyl (C=O) groups is 3. The third-order valence-corrected chi connectivity index (χ3v) is 7.75. The van der Waals surface area contributed by atoms with E-state index in [4.69, 9.17) is 11.6 Å². The summed E-state index contributed by atoms with van der Waals surface area (Å²) in [6.45, 7) is 4.71. The molecule has 0 saturated carbocycles. The second-order valence-corrected chi connectivity index (χ2v) is 10.6. The van der Waals surface area contributed by atoms with Crippen molar-refractivity contribution in [2.75, 3.05) is 26.2 Å². The van der Waals surface area contributed by atoms with Crippen LogP contribution in [0.3, 0.4) is 0 Å². The monoisotopic (exact) mass is 505 g/mol. The molecule has 1 N–H and O–H groups in total. The summed E-state index contributed by atoms with van der Waals surface area (Å²) in [6, 6.07) is 12.1. The number of piperazine rings is 1. The summed E-state index contributed by atoms with van der Waals surface area (Å²) in [5, 5.41) is 0.960. The molecule has 1 saturated heterocycles. The quantitative estimate of drug-likeness (QED) is 0.623. The summed E-state index contributed by atoms with van der Waals surface area (Å²) >= 11 is 5.89. The van der Waals surface area contributed by atoms with Crippen molar-refractivity contribution >= 4 is 39.2 Å². The molecule has 1 heterocycles. The van der Waals surface area contributed by atoms with E-state index >= 15 is 0 Å². The molecule has 3 amide bonds. The highest BCUT2D eigenvalue weighted by molar-refractivity contribution is 7.92. The molecule has 8 nitrogen and oxygen atoms in total. The standard InChI is InChI=1S/C24H28ClN3O5S/c1-3-5-21(29)27-12-14-28(15-13-27)24(31)23(26-22(30)18-7-4-6-17(2)16-18)34(32,33)20-10-8-19(25)9-11-20/h4,6-11,16,23H,3,5,12-15H2,1-2H3,(H,26,30). The normalized spacial score (nSPS) is 15.0. The van der Waals surface area contributed by atoms with Gasteiger partial charge in [0.05, 0.1) is 4.90 Å². The molecular formula is C24H28ClN3O5S. The van der Waals surface area contributed by atoms with Crippen molar-refractivity contribution in [1.29, 1.82) is 0 Å². The third-order valence-electron chi connectivity index (χ3n) is 5.63. The van der Waals surface area contributed by atoms with Gasteiger partial charge in [0.1, 0.15) is 0 Å². The maximum Gasteiger partial charge on any atom is 0.261 e. The van der Waals surface area contributed by atoms with Gasteiger partial charge in [0.15, 0.2) is 0 Å². The minimum atomic E-state index is -4.28. The lowest BCUT2D eigenvalue weighted by atomic mass is 10.1. The van der Waals surface area contributed by atoms with Crippen LogP contribution < -0.4 is 5.32 Å². The minimum Gasteiger partial charge on any atom is -0.339 e. The summed E-state index contributed by atoms with van der Waals surface area (Å²) in [6.07, 6.45) is 1.15. The fraction of sp³-hybridized carbons (Fsp3) is 0.375. The van der Waals surface area contributed by atoms with Crippen molar-refractivity contribution in [3.63, 3.8) is 0 Å². The maximum absolute atomic E-state index is 13.4. The SMILES string of the molecule is CCCC(=O)N1CCN(C(=O)C(NC(=O)c2cccc(C)c2)S(=O)(=O)c2ccc(Cl)cc2)CC1. The van der Waals surface area contributed by atoms with Crippen LogP contribution in [0.15, 0.2) is 53.4 Å². The number of amides is 3. The first-order valence-electron chi connectivity index (χ1n) is 11.1. The molecule has 1 aliphatic rings. The third kappa shape index (κ3) is 5.95. The van der Waals surface area contributed by atoms with Crippen LogP contribution >= 0.6 is 11.6 Å². The van der Waals surface area contributed by atoms with Gasteiger partial charge < -0.3 is 15.1 Å². The lowest BCUT2D eigenvalue weighted by Crippen LogP contribution is -2.57. The van der Waals surface area contributed by atoms with Gasteiger partial charge in [-0.15, -0.1) is 0 Å². The Bertz CT molecular complexity index is 1160. The molecule has 1 fully saturated rings. The average Bonchev–Trinajstić information content (AvgIpc) is 2.82. The molecule has 3 rings (SSSR count). The summed E-state index contributed by atoms with van der Waals surface area (Å²) in [5.41, 5.74) is 1.07. The molecule has 10 heteroatoms. The topological polar surface area (TPSA) is 104 Å². The molecule has 34 heavy (non-hydrogen) atoms. The van der Waals surface area contributed by atoms with E-state index in [9.17, 15) is 22.8 Å². The van der Waals surface area contributed by atoms with Crippen LogP contribution in [-0.2, 0) is 19.4 Å². The molecule has 0 aliphatic carbocycles. The van der Waals surface area contributed by atoms with Gasteiger partial charge in [-0.3, -0.25) is 14.4 Å². The van der Waals surface area contributed by atoms with Crippen molar-refractivity contribution < 1.29 is 22.8 Å². The largest absolute Gasteiger partial charge is 0.339 e. The van der Waals surface area contributed by atoms with Gasteiger partial charge in [-0.25, -0.2) is 8.42 Å². The summed E-state index contributed by atoms with van der Waals surface area (Å²) in [4.78, 5) is 41.4. The van der Waals surface area contributed by atoms with E-state index in [0.29, 0.717) is 24.5 Å². The fourth-order valence-electron chi connectivity index (χ4n) is 3.74. The Labute approximate surface area is 204 Å². The maximum atomic E-state index is 13.4. The van der Waals surface area contributed by atoms with Crippen molar-refractivity contribution in [3.05, 3.63) is 64.7 Å². The van der Waals surface area contributed by atoms with Crippen LogP contribution in [0, 0.1) is 6.92 Å². The number of hydrogen-bond donors (Lipinski definition) is 1. The number of aryl methyl sites for hydroxylation is 1. The van der Waals surface area contributed by atoms with Crippen molar-refractivity contribution in [2.24, 2.45) is 0 Å². The first-order chi connectivity index (χ1) is 16.1. The first-order valence-corrected chi connectivity index (χ1v) is 13.0. The number of benzene rings is 2. The van der Waals surface area contributed by atoms with Gasteiger partial charge in [-0.1, -0.05) is 36.2 Å². The summed E-state index contributed by atoms with van der Waals surface area (Å²) in [7, 11) is -4.28. The molecule has 2 aromatic carbocycles. The number of hydrogen-bond acceptors (Lipinski definition) is 5. The van der Waals surface area contributed by atoms with E-state index in [1.165, 1.54) is 29.2 Å². The zero-order chi connectivity index (χ0) is 24.9. The zero-order valence-corrected chi connectivity index (χ0v) is 20.7. The smallest absolute Gasteiger partial charge is 0.261 e. The van der Waals surface area contributed by atoms with Gasteiger partial charge in [0, 0.05) is 43.2 Å². The summed E-state index contributed by atoms with van der Waals surface area (Å²) in [5.74, 6) is -1.40. The zero-order valence-electron chi connectivity index (χ0n) is 19.2. The van der Waals surface area contributed by atoms with E-state index in [1.54, 1.807) is 23.1 Å². The number of sulfone groups is 1. The van der Waals surface area contributed by atoms with Crippen molar-refractivity contribution in [3.8, 4) is 0 Å². The predicted molar refractivity (Wildman–Crippen MR) is 129 cm³/mol. The highest BCUT2D eigenvalue weighted by atomic mass is 35.5. The molecular weight excluding hydrogens is 478 g/mol. The first kappa shape index (κ1) is 25.7. The van der Waals surface area contributed by atoms with E-state index in [2.05, 4.69) is 5.32 Å². The van der Waals surface area contributed by atoms with Gasteiger partial charge in [0.2, 0.25) is 21.1 Å². The molecule has 0 aromatic heterocycles. The Morgan fingerprint density at radius 3 is 2.21 bits per heavy atom. The highest BCUT2D eigenvalue weighted by Crippen LogP contribution is 2.21. The average molecular weight is 506 g/mol. The second-order valence-electron chi connectivity index (χ2n) is 8.18. The molecule has 2 aromatic rings. The van der Waals surface area contributed by atoms with Crippen LogP contribution in [0.1, 0.15) is 35.7 Å². The number of rotatable bonds is 7. The van der Waals surface area contributed by atoms with Gasteiger partial charge in [0.25, 0.3) is 11.8 Å². The Balaban J connectivity index is 1.87. The van der Waals surface area contributed by atoms with Crippen molar-refractivity contribution in [1.82, 2.24) is 15.1 Å². The number of halogens is 1. The Morgan fingerprint density at radius 1 is 1.00 bits per heavy atom. The molecule has 1 unspecified atom stereocenters.